The Labute approximate surface area is 112 Å². The Hall–Kier alpha value is 0.0100. The zero-order chi connectivity index (χ0) is 11.8. The lowest BCUT2D eigenvalue weighted by molar-refractivity contribution is 0.399. The van der Waals surface area contributed by atoms with E-state index < -0.39 is 0 Å². The second-order valence-corrected chi connectivity index (χ2v) is 8.25. The first-order valence-electron chi connectivity index (χ1n) is 6.72. The monoisotopic (exact) mass is 267 g/mol. The zero-order valence-corrected chi connectivity index (χ0v) is 12.2. The Balaban J connectivity index is 1.66. The van der Waals surface area contributed by atoms with Gasteiger partial charge in [0, 0.05) is 17.3 Å². The van der Waals surface area contributed by atoms with Crippen molar-refractivity contribution in [2.24, 2.45) is 5.92 Å². The van der Waals surface area contributed by atoms with Crippen LogP contribution in [-0.2, 0) is 0 Å². The lowest BCUT2D eigenvalue weighted by Gasteiger charge is -2.30. The van der Waals surface area contributed by atoms with Gasteiger partial charge in [0.05, 0.1) is 4.21 Å². The van der Waals surface area contributed by atoms with Gasteiger partial charge in [0.15, 0.2) is 0 Å². The van der Waals surface area contributed by atoms with Crippen molar-refractivity contribution in [2.75, 3.05) is 0 Å². The van der Waals surface area contributed by atoms with E-state index in [-0.39, 0.29) is 0 Å². The third-order valence-electron chi connectivity index (χ3n) is 3.78. The van der Waals surface area contributed by atoms with E-state index in [0.29, 0.717) is 12.1 Å². The summed E-state index contributed by atoms with van der Waals surface area (Å²) in [6.07, 6.45) is 5.58. The van der Waals surface area contributed by atoms with Crippen molar-refractivity contribution in [1.82, 2.24) is 5.32 Å². The van der Waals surface area contributed by atoms with Crippen LogP contribution in [0.3, 0.4) is 0 Å². The second-order valence-electron chi connectivity index (χ2n) is 5.63. The molecule has 1 aliphatic carbocycles. The van der Waals surface area contributed by atoms with E-state index in [1.807, 2.05) is 11.3 Å². The molecule has 0 spiro atoms. The third-order valence-corrected chi connectivity index (χ3v) is 6.12. The molecule has 0 saturated heterocycles. The molecule has 3 rings (SSSR count). The van der Waals surface area contributed by atoms with Gasteiger partial charge in [-0.2, -0.15) is 0 Å². The van der Waals surface area contributed by atoms with Crippen LogP contribution in [0.4, 0.5) is 0 Å². The SMILES string of the molecule is CC(CC1CC1)NC1C[C@H](C)Sc2sccc21. The molecular weight excluding hydrogens is 246 g/mol. The average molecular weight is 267 g/mol. The van der Waals surface area contributed by atoms with Crippen LogP contribution in [0.15, 0.2) is 15.7 Å². The molecule has 3 atom stereocenters. The van der Waals surface area contributed by atoms with Crippen LogP contribution in [-0.4, -0.2) is 11.3 Å². The maximum Gasteiger partial charge on any atom is 0.0649 e. The Kier molecular flexibility index (Phi) is 3.51. The van der Waals surface area contributed by atoms with Crippen molar-refractivity contribution in [3.05, 3.63) is 17.0 Å². The first-order valence-corrected chi connectivity index (χ1v) is 8.48. The Morgan fingerprint density at radius 3 is 3.06 bits per heavy atom. The highest BCUT2D eigenvalue weighted by molar-refractivity contribution is 8.01. The summed E-state index contributed by atoms with van der Waals surface area (Å²) >= 11 is 3.96. The van der Waals surface area contributed by atoms with Gasteiger partial charge in [0.2, 0.25) is 0 Å². The molecule has 1 saturated carbocycles. The molecule has 1 fully saturated rings. The summed E-state index contributed by atoms with van der Waals surface area (Å²) in [7, 11) is 0. The summed E-state index contributed by atoms with van der Waals surface area (Å²) in [5.41, 5.74) is 1.56. The zero-order valence-electron chi connectivity index (χ0n) is 10.6. The fraction of sp³-hybridized carbons (Fsp3) is 0.714. The van der Waals surface area contributed by atoms with Crippen LogP contribution in [0, 0.1) is 5.92 Å². The molecule has 1 nitrogen and oxygen atoms in total. The number of fused-ring (bicyclic) bond motifs is 1. The highest BCUT2D eigenvalue weighted by Crippen LogP contribution is 2.44. The van der Waals surface area contributed by atoms with Gasteiger partial charge in [0.25, 0.3) is 0 Å². The minimum Gasteiger partial charge on any atom is -0.307 e. The van der Waals surface area contributed by atoms with Crippen LogP contribution in [0.25, 0.3) is 0 Å². The second kappa shape index (κ2) is 4.94. The highest BCUT2D eigenvalue weighted by atomic mass is 32.2. The van der Waals surface area contributed by atoms with Gasteiger partial charge in [-0.15, -0.1) is 23.1 Å². The summed E-state index contributed by atoms with van der Waals surface area (Å²) in [6.45, 7) is 4.71. The maximum atomic E-state index is 3.86. The van der Waals surface area contributed by atoms with Crippen LogP contribution in [0.2, 0.25) is 0 Å². The number of rotatable bonds is 4. The summed E-state index contributed by atoms with van der Waals surface area (Å²) in [6, 6.07) is 3.59. The number of nitrogens with one attached hydrogen (secondary N) is 1. The molecule has 2 heterocycles. The van der Waals surface area contributed by atoms with Crippen LogP contribution in [0.5, 0.6) is 0 Å². The van der Waals surface area contributed by atoms with Gasteiger partial charge in [-0.1, -0.05) is 19.8 Å². The minimum absolute atomic E-state index is 0.598. The van der Waals surface area contributed by atoms with Gasteiger partial charge >= 0.3 is 0 Å². The summed E-state index contributed by atoms with van der Waals surface area (Å²) in [5, 5.41) is 6.86. The van der Waals surface area contributed by atoms with Gasteiger partial charge in [0.1, 0.15) is 0 Å². The van der Waals surface area contributed by atoms with Crippen molar-refractivity contribution >= 4 is 23.1 Å². The molecule has 17 heavy (non-hydrogen) atoms. The van der Waals surface area contributed by atoms with Crippen molar-refractivity contribution in [3.8, 4) is 0 Å². The van der Waals surface area contributed by atoms with Crippen molar-refractivity contribution in [2.45, 2.75) is 61.1 Å². The van der Waals surface area contributed by atoms with Crippen molar-refractivity contribution < 1.29 is 0 Å². The first kappa shape index (κ1) is 12.1. The highest BCUT2D eigenvalue weighted by Gasteiger charge is 2.29. The standard InChI is InChI=1S/C14H21NS2/c1-9(7-11-3-4-11)15-13-8-10(2)17-14-12(13)5-6-16-14/h5-6,9-11,13,15H,3-4,7-8H2,1-2H3/t9?,10-,13?/m0/s1. The van der Waals surface area contributed by atoms with Crippen LogP contribution in [0.1, 0.15) is 51.1 Å². The molecule has 1 aromatic heterocycles. The molecule has 1 aliphatic heterocycles. The quantitative estimate of drug-likeness (QED) is 0.865. The molecule has 1 aromatic rings. The molecular formula is C14H21NS2. The topological polar surface area (TPSA) is 12.0 Å². The number of thioether (sulfide) groups is 1. The lowest BCUT2D eigenvalue weighted by Crippen LogP contribution is -2.33. The summed E-state index contributed by atoms with van der Waals surface area (Å²) in [4.78, 5) is 0. The smallest absolute Gasteiger partial charge is 0.0649 e. The Bertz CT molecular complexity index is 383. The summed E-state index contributed by atoms with van der Waals surface area (Å²) < 4.78 is 1.54. The fourth-order valence-corrected chi connectivity index (χ4v) is 5.34. The van der Waals surface area contributed by atoms with E-state index in [2.05, 4.69) is 42.4 Å². The maximum absolute atomic E-state index is 3.86. The lowest BCUT2D eigenvalue weighted by atomic mass is 10.0. The van der Waals surface area contributed by atoms with Crippen LogP contribution < -0.4 is 5.32 Å². The predicted molar refractivity (Wildman–Crippen MR) is 76.9 cm³/mol. The van der Waals surface area contributed by atoms with E-state index in [1.54, 1.807) is 9.77 Å². The Morgan fingerprint density at radius 1 is 1.47 bits per heavy atom. The molecule has 2 unspecified atom stereocenters. The van der Waals surface area contributed by atoms with E-state index in [9.17, 15) is 0 Å². The molecule has 3 heteroatoms. The molecule has 0 aromatic carbocycles. The van der Waals surface area contributed by atoms with Gasteiger partial charge < -0.3 is 5.32 Å². The number of hydrogen-bond acceptors (Lipinski definition) is 3. The fourth-order valence-electron chi connectivity index (χ4n) is 2.77. The van der Waals surface area contributed by atoms with Crippen LogP contribution >= 0.6 is 23.1 Å². The molecule has 1 N–H and O–H groups in total. The van der Waals surface area contributed by atoms with Crippen molar-refractivity contribution in [3.63, 3.8) is 0 Å². The normalized spacial score (nSPS) is 30.0. The minimum atomic E-state index is 0.598. The predicted octanol–water partition coefficient (Wildman–Crippen LogP) is 4.45. The van der Waals surface area contributed by atoms with Gasteiger partial charge in [-0.05, 0) is 42.7 Å². The largest absolute Gasteiger partial charge is 0.307 e. The van der Waals surface area contributed by atoms with Crippen molar-refractivity contribution in [1.29, 1.82) is 0 Å². The summed E-state index contributed by atoms with van der Waals surface area (Å²) in [5.74, 6) is 1.02. The molecule has 94 valence electrons. The molecule has 0 amide bonds. The van der Waals surface area contributed by atoms with E-state index >= 15 is 0 Å². The third kappa shape index (κ3) is 2.88. The number of thiophene rings is 1. The molecule has 2 aliphatic rings. The van der Waals surface area contributed by atoms with E-state index in [0.717, 1.165) is 11.2 Å². The first-order chi connectivity index (χ1) is 8.22. The van der Waals surface area contributed by atoms with E-state index in [4.69, 9.17) is 0 Å². The number of hydrogen-bond donors (Lipinski definition) is 1. The molecule has 0 bridgehead atoms. The molecule has 0 radical (unpaired) electrons. The Morgan fingerprint density at radius 2 is 2.29 bits per heavy atom. The van der Waals surface area contributed by atoms with Gasteiger partial charge in [-0.3, -0.25) is 0 Å². The average Bonchev–Trinajstić information content (AvgIpc) is 2.94. The van der Waals surface area contributed by atoms with E-state index in [1.165, 1.54) is 25.7 Å². The van der Waals surface area contributed by atoms with Gasteiger partial charge in [-0.25, -0.2) is 0 Å².